The molecule has 0 spiro atoms. The smallest absolute Gasteiger partial charge is 0.202 e. The van der Waals surface area contributed by atoms with Gasteiger partial charge in [0.1, 0.15) is 0 Å². The monoisotopic (exact) mass is 289 g/mol. The number of rotatable bonds is 6. The average Bonchev–Trinajstić information content (AvgIpc) is 2.88. The average molecular weight is 289 g/mol. The Hall–Kier alpha value is -1.46. The number of nitrogens with one attached hydrogen (secondary N) is 1. The fourth-order valence-corrected chi connectivity index (χ4v) is 3.36. The number of anilines is 1. The van der Waals surface area contributed by atoms with E-state index in [1.165, 1.54) is 23.5 Å². The first-order chi connectivity index (χ1) is 9.85. The zero-order chi connectivity index (χ0) is 13.8. The van der Waals surface area contributed by atoms with Gasteiger partial charge in [-0.1, -0.05) is 36.8 Å². The predicted molar refractivity (Wildman–Crippen MR) is 81.3 cm³/mol. The Morgan fingerprint density at radius 3 is 2.75 bits per heavy atom. The van der Waals surface area contributed by atoms with Gasteiger partial charge in [-0.3, -0.25) is 0 Å². The molecule has 0 radical (unpaired) electrons. The number of hydrogen-bond donors (Lipinski definition) is 1. The Balaban J connectivity index is 1.80. The van der Waals surface area contributed by atoms with Crippen LogP contribution in [-0.2, 0) is 10.2 Å². The van der Waals surface area contributed by atoms with Crippen molar-refractivity contribution in [2.75, 3.05) is 25.6 Å². The Bertz CT molecular complexity index is 551. The van der Waals surface area contributed by atoms with Crippen LogP contribution in [0.4, 0.5) is 5.13 Å². The molecule has 5 heteroatoms. The Labute approximate surface area is 123 Å². The van der Waals surface area contributed by atoms with Gasteiger partial charge in [-0.25, -0.2) is 4.98 Å². The third-order valence-corrected chi connectivity index (χ3v) is 4.64. The fraction of sp³-hybridized carbons (Fsp3) is 0.467. The van der Waals surface area contributed by atoms with Gasteiger partial charge in [-0.2, -0.15) is 4.37 Å². The van der Waals surface area contributed by atoms with Crippen molar-refractivity contribution in [3.05, 3.63) is 41.7 Å². The summed E-state index contributed by atoms with van der Waals surface area (Å²) in [6, 6.07) is 10.6. The summed E-state index contributed by atoms with van der Waals surface area (Å²) < 4.78 is 9.63. The van der Waals surface area contributed by atoms with E-state index in [0.29, 0.717) is 6.61 Å². The van der Waals surface area contributed by atoms with Crippen LogP contribution in [0.2, 0.25) is 0 Å². The van der Waals surface area contributed by atoms with Crippen molar-refractivity contribution in [2.45, 2.75) is 24.7 Å². The first-order valence-electron chi connectivity index (χ1n) is 6.98. The second-order valence-electron chi connectivity index (χ2n) is 5.14. The van der Waals surface area contributed by atoms with Crippen LogP contribution < -0.4 is 5.32 Å². The van der Waals surface area contributed by atoms with E-state index in [1.54, 1.807) is 7.11 Å². The SMILES string of the molecule is COCCNc1nc(C2(c3ccccc3)CCC2)ns1. The van der Waals surface area contributed by atoms with Gasteiger partial charge in [0.2, 0.25) is 5.13 Å². The van der Waals surface area contributed by atoms with Crippen LogP contribution in [0.25, 0.3) is 0 Å². The summed E-state index contributed by atoms with van der Waals surface area (Å²) in [6.45, 7) is 1.45. The Morgan fingerprint density at radius 2 is 2.10 bits per heavy atom. The Morgan fingerprint density at radius 1 is 1.30 bits per heavy atom. The van der Waals surface area contributed by atoms with E-state index in [4.69, 9.17) is 9.72 Å². The minimum Gasteiger partial charge on any atom is -0.383 e. The first kappa shape index (κ1) is 13.5. The number of hydrogen-bond acceptors (Lipinski definition) is 5. The second-order valence-corrected chi connectivity index (χ2v) is 5.90. The molecule has 4 nitrogen and oxygen atoms in total. The van der Waals surface area contributed by atoms with Gasteiger partial charge >= 0.3 is 0 Å². The van der Waals surface area contributed by atoms with E-state index in [2.05, 4.69) is 40.0 Å². The lowest BCUT2D eigenvalue weighted by Crippen LogP contribution is -2.36. The van der Waals surface area contributed by atoms with Crippen molar-refractivity contribution < 1.29 is 4.74 Å². The van der Waals surface area contributed by atoms with Gasteiger partial charge in [0.05, 0.1) is 12.0 Å². The lowest BCUT2D eigenvalue weighted by molar-refractivity contribution is 0.210. The molecule has 3 rings (SSSR count). The zero-order valence-electron chi connectivity index (χ0n) is 11.6. The van der Waals surface area contributed by atoms with Crippen molar-refractivity contribution >= 4 is 16.7 Å². The first-order valence-corrected chi connectivity index (χ1v) is 7.75. The molecule has 1 aliphatic rings. The van der Waals surface area contributed by atoms with Crippen molar-refractivity contribution in [3.8, 4) is 0 Å². The molecule has 1 N–H and O–H groups in total. The van der Waals surface area contributed by atoms with Crippen LogP contribution >= 0.6 is 11.5 Å². The maximum absolute atomic E-state index is 5.03. The van der Waals surface area contributed by atoms with E-state index in [9.17, 15) is 0 Å². The highest BCUT2D eigenvalue weighted by Gasteiger charge is 2.43. The summed E-state index contributed by atoms with van der Waals surface area (Å²) in [7, 11) is 1.70. The largest absolute Gasteiger partial charge is 0.383 e. The molecular formula is C15H19N3OS. The molecule has 20 heavy (non-hydrogen) atoms. The lowest BCUT2D eigenvalue weighted by atomic mass is 9.64. The number of aromatic nitrogens is 2. The molecule has 0 unspecified atom stereocenters. The summed E-state index contributed by atoms with van der Waals surface area (Å²) >= 11 is 1.44. The summed E-state index contributed by atoms with van der Waals surface area (Å²) in [5, 5.41) is 4.15. The van der Waals surface area contributed by atoms with E-state index in [1.807, 2.05) is 0 Å². The van der Waals surface area contributed by atoms with Crippen LogP contribution in [0.1, 0.15) is 30.7 Å². The van der Waals surface area contributed by atoms with Crippen molar-refractivity contribution in [1.82, 2.24) is 9.36 Å². The molecule has 1 fully saturated rings. The van der Waals surface area contributed by atoms with E-state index in [-0.39, 0.29) is 5.41 Å². The molecule has 1 aliphatic carbocycles. The molecule has 0 amide bonds. The third-order valence-electron chi connectivity index (χ3n) is 3.97. The Kier molecular flexibility index (Phi) is 3.98. The summed E-state index contributed by atoms with van der Waals surface area (Å²) in [6.07, 6.45) is 3.54. The number of ether oxygens (including phenoxy) is 1. The highest BCUT2D eigenvalue weighted by Crippen LogP contribution is 2.48. The predicted octanol–water partition coefficient (Wildman–Crippen LogP) is 3.07. The van der Waals surface area contributed by atoms with Crippen LogP contribution in [0.5, 0.6) is 0 Å². The zero-order valence-corrected chi connectivity index (χ0v) is 12.4. The maximum atomic E-state index is 5.03. The minimum absolute atomic E-state index is 0.0406. The van der Waals surface area contributed by atoms with Gasteiger partial charge in [0.25, 0.3) is 0 Å². The normalized spacial score (nSPS) is 16.6. The highest BCUT2D eigenvalue weighted by molar-refractivity contribution is 7.09. The molecule has 1 saturated carbocycles. The van der Waals surface area contributed by atoms with Crippen molar-refractivity contribution in [2.24, 2.45) is 0 Å². The summed E-state index contributed by atoms with van der Waals surface area (Å²) in [5.74, 6) is 0.972. The van der Waals surface area contributed by atoms with Gasteiger partial charge in [-0.15, -0.1) is 0 Å². The van der Waals surface area contributed by atoms with Gasteiger partial charge in [0, 0.05) is 25.2 Å². The van der Waals surface area contributed by atoms with Crippen LogP contribution in [0.15, 0.2) is 30.3 Å². The lowest BCUT2D eigenvalue weighted by Gasteiger charge is -2.40. The molecule has 0 saturated heterocycles. The molecule has 2 aromatic rings. The maximum Gasteiger partial charge on any atom is 0.202 e. The number of benzene rings is 1. The topological polar surface area (TPSA) is 47.0 Å². The van der Waals surface area contributed by atoms with Gasteiger partial charge in [-0.05, 0) is 18.4 Å². The number of methoxy groups -OCH3 is 1. The summed E-state index contributed by atoms with van der Waals surface area (Å²) in [5.41, 5.74) is 1.38. The quantitative estimate of drug-likeness (QED) is 0.830. The fourth-order valence-electron chi connectivity index (χ4n) is 2.68. The van der Waals surface area contributed by atoms with Crippen LogP contribution in [-0.4, -0.2) is 29.6 Å². The van der Waals surface area contributed by atoms with Gasteiger partial charge < -0.3 is 10.1 Å². The number of nitrogens with zero attached hydrogens (tertiary/aromatic N) is 2. The van der Waals surface area contributed by atoms with E-state index < -0.39 is 0 Å². The molecule has 1 aromatic carbocycles. The second kappa shape index (κ2) is 5.89. The third kappa shape index (κ3) is 2.43. The van der Waals surface area contributed by atoms with Gasteiger partial charge in [0.15, 0.2) is 5.82 Å². The van der Waals surface area contributed by atoms with Crippen LogP contribution in [0.3, 0.4) is 0 Å². The molecule has 0 bridgehead atoms. The molecule has 1 heterocycles. The molecular weight excluding hydrogens is 270 g/mol. The molecule has 106 valence electrons. The van der Waals surface area contributed by atoms with Crippen LogP contribution in [0, 0.1) is 0 Å². The van der Waals surface area contributed by atoms with Crippen molar-refractivity contribution in [1.29, 1.82) is 0 Å². The highest BCUT2D eigenvalue weighted by atomic mass is 32.1. The van der Waals surface area contributed by atoms with Crippen molar-refractivity contribution in [3.63, 3.8) is 0 Å². The minimum atomic E-state index is 0.0406. The van der Waals surface area contributed by atoms with E-state index >= 15 is 0 Å². The molecule has 0 atom stereocenters. The molecule has 1 aromatic heterocycles. The molecule has 0 aliphatic heterocycles. The standard InChI is InChI=1S/C15H19N3OS/c1-19-11-10-16-14-17-13(18-20-14)15(8-5-9-15)12-6-3-2-4-7-12/h2-4,6-7H,5,8-11H2,1H3,(H,16,17,18). The summed E-state index contributed by atoms with van der Waals surface area (Å²) in [4.78, 5) is 4.69. The van der Waals surface area contributed by atoms with E-state index in [0.717, 1.165) is 30.3 Å².